The minimum Gasteiger partial charge on any atom is -0.310 e. The highest BCUT2D eigenvalue weighted by Gasteiger charge is 2.07. The Morgan fingerprint density at radius 1 is 1.50 bits per heavy atom. The summed E-state index contributed by atoms with van der Waals surface area (Å²) in [6.45, 7) is 4.20. The van der Waals surface area contributed by atoms with Gasteiger partial charge in [-0.25, -0.2) is 4.98 Å². The lowest BCUT2D eigenvalue weighted by molar-refractivity contribution is 0.599. The number of hydrogen-bond donors (Lipinski definition) is 1. The van der Waals surface area contributed by atoms with E-state index >= 15 is 0 Å². The highest BCUT2D eigenvalue weighted by atomic mass is 16.1. The van der Waals surface area contributed by atoms with Crippen molar-refractivity contribution in [2.45, 2.75) is 32.6 Å². The van der Waals surface area contributed by atoms with Crippen molar-refractivity contribution in [2.24, 2.45) is 0 Å². The van der Waals surface area contributed by atoms with Crippen LogP contribution in [0.2, 0.25) is 0 Å². The van der Waals surface area contributed by atoms with E-state index in [1.54, 1.807) is 6.20 Å². The van der Waals surface area contributed by atoms with Crippen LogP contribution < -0.4 is 5.56 Å². The van der Waals surface area contributed by atoms with Crippen molar-refractivity contribution in [3.8, 4) is 0 Å². The number of H-pyrrole nitrogens is 1. The second-order valence-corrected chi connectivity index (χ2v) is 2.83. The van der Waals surface area contributed by atoms with Crippen LogP contribution in [0, 0.1) is 0 Å². The van der Waals surface area contributed by atoms with Gasteiger partial charge < -0.3 is 4.98 Å². The van der Waals surface area contributed by atoms with Crippen LogP contribution in [0.3, 0.4) is 0 Å². The van der Waals surface area contributed by atoms with Crippen LogP contribution in [0.1, 0.15) is 38.4 Å². The smallest absolute Gasteiger partial charge is 0.250 e. The number of aromatic amines is 1. The topological polar surface area (TPSA) is 45.8 Å². The van der Waals surface area contributed by atoms with Crippen molar-refractivity contribution in [3.05, 3.63) is 28.4 Å². The molecule has 1 aromatic heterocycles. The van der Waals surface area contributed by atoms with Gasteiger partial charge >= 0.3 is 0 Å². The van der Waals surface area contributed by atoms with E-state index in [4.69, 9.17) is 0 Å². The molecule has 0 saturated carbocycles. The van der Waals surface area contributed by atoms with E-state index in [0.717, 1.165) is 18.7 Å². The molecule has 1 heterocycles. The fourth-order valence-electron chi connectivity index (χ4n) is 1.27. The highest BCUT2D eigenvalue weighted by Crippen LogP contribution is 2.16. The molecule has 0 amide bonds. The Kier molecular flexibility index (Phi) is 3.02. The standard InChI is InChI=1S/C9H14N2O/c1-3-7(4-2)9-10-6-5-8(12)11-9/h5-7H,3-4H2,1-2H3,(H,10,11,12). The molecule has 0 saturated heterocycles. The number of nitrogens with zero attached hydrogens (tertiary/aromatic N) is 1. The molecular formula is C9H14N2O. The molecular weight excluding hydrogens is 152 g/mol. The average molecular weight is 166 g/mol. The molecule has 0 aliphatic heterocycles. The van der Waals surface area contributed by atoms with E-state index in [1.807, 2.05) is 0 Å². The van der Waals surface area contributed by atoms with Gasteiger partial charge in [0.15, 0.2) is 0 Å². The van der Waals surface area contributed by atoms with Gasteiger partial charge in [-0.15, -0.1) is 0 Å². The van der Waals surface area contributed by atoms with Gasteiger partial charge in [-0.3, -0.25) is 4.79 Å². The Labute approximate surface area is 71.9 Å². The molecule has 1 rings (SSSR count). The summed E-state index contributed by atoms with van der Waals surface area (Å²) in [6, 6.07) is 1.44. The number of rotatable bonds is 3. The molecule has 0 radical (unpaired) electrons. The van der Waals surface area contributed by atoms with Gasteiger partial charge in [0.2, 0.25) is 0 Å². The predicted octanol–water partition coefficient (Wildman–Crippen LogP) is 1.67. The van der Waals surface area contributed by atoms with E-state index in [2.05, 4.69) is 23.8 Å². The van der Waals surface area contributed by atoms with E-state index in [9.17, 15) is 4.79 Å². The Morgan fingerprint density at radius 3 is 2.67 bits per heavy atom. The molecule has 0 aliphatic rings. The van der Waals surface area contributed by atoms with Crippen molar-refractivity contribution in [3.63, 3.8) is 0 Å². The molecule has 12 heavy (non-hydrogen) atoms. The maximum atomic E-state index is 10.9. The minimum atomic E-state index is -0.0631. The third kappa shape index (κ3) is 1.94. The van der Waals surface area contributed by atoms with E-state index < -0.39 is 0 Å². The first-order chi connectivity index (χ1) is 5.77. The van der Waals surface area contributed by atoms with Crippen molar-refractivity contribution in [2.75, 3.05) is 0 Å². The summed E-state index contributed by atoms with van der Waals surface area (Å²) in [5, 5.41) is 0. The van der Waals surface area contributed by atoms with Crippen molar-refractivity contribution in [1.82, 2.24) is 9.97 Å². The third-order valence-corrected chi connectivity index (χ3v) is 2.06. The van der Waals surface area contributed by atoms with Gasteiger partial charge in [0.05, 0.1) is 0 Å². The molecule has 0 bridgehead atoms. The number of hydrogen-bond acceptors (Lipinski definition) is 2. The quantitative estimate of drug-likeness (QED) is 0.742. The molecule has 1 aromatic rings. The largest absolute Gasteiger partial charge is 0.310 e. The monoisotopic (exact) mass is 166 g/mol. The summed E-state index contributed by atoms with van der Waals surface area (Å²) in [4.78, 5) is 17.8. The lowest BCUT2D eigenvalue weighted by Gasteiger charge is -2.09. The van der Waals surface area contributed by atoms with Crippen LogP contribution in [0.4, 0.5) is 0 Å². The van der Waals surface area contributed by atoms with E-state index in [1.165, 1.54) is 6.07 Å². The molecule has 66 valence electrons. The van der Waals surface area contributed by atoms with Crippen LogP contribution in [-0.4, -0.2) is 9.97 Å². The van der Waals surface area contributed by atoms with Crippen LogP contribution in [0.25, 0.3) is 0 Å². The van der Waals surface area contributed by atoms with Gasteiger partial charge in [0.25, 0.3) is 5.56 Å². The van der Waals surface area contributed by atoms with E-state index in [-0.39, 0.29) is 5.56 Å². The summed E-state index contributed by atoms with van der Waals surface area (Å²) in [7, 11) is 0. The maximum Gasteiger partial charge on any atom is 0.250 e. The lowest BCUT2D eigenvalue weighted by Crippen LogP contribution is -2.11. The zero-order chi connectivity index (χ0) is 8.97. The summed E-state index contributed by atoms with van der Waals surface area (Å²) < 4.78 is 0. The Hall–Kier alpha value is -1.12. The molecule has 3 nitrogen and oxygen atoms in total. The molecule has 3 heteroatoms. The molecule has 1 N–H and O–H groups in total. The van der Waals surface area contributed by atoms with Crippen LogP contribution >= 0.6 is 0 Å². The normalized spacial score (nSPS) is 10.6. The number of nitrogens with one attached hydrogen (secondary N) is 1. The second kappa shape index (κ2) is 4.04. The molecule has 0 spiro atoms. The summed E-state index contributed by atoms with van der Waals surface area (Å²) in [5.74, 6) is 1.20. The Balaban J connectivity index is 2.93. The van der Waals surface area contributed by atoms with Gasteiger partial charge in [-0.2, -0.15) is 0 Å². The summed E-state index contributed by atoms with van der Waals surface area (Å²) in [5.41, 5.74) is -0.0631. The molecule has 0 aliphatic carbocycles. The molecule has 0 fully saturated rings. The average Bonchev–Trinajstić information content (AvgIpc) is 2.07. The van der Waals surface area contributed by atoms with Crippen molar-refractivity contribution in [1.29, 1.82) is 0 Å². The van der Waals surface area contributed by atoms with Crippen LogP contribution in [0.5, 0.6) is 0 Å². The molecule has 0 atom stereocenters. The Morgan fingerprint density at radius 2 is 2.17 bits per heavy atom. The highest BCUT2D eigenvalue weighted by molar-refractivity contribution is 4.96. The van der Waals surface area contributed by atoms with Gasteiger partial charge in [-0.1, -0.05) is 13.8 Å². The zero-order valence-electron chi connectivity index (χ0n) is 7.50. The Bertz CT molecular complexity index is 289. The molecule has 0 unspecified atom stereocenters. The fourth-order valence-corrected chi connectivity index (χ4v) is 1.27. The predicted molar refractivity (Wildman–Crippen MR) is 48.2 cm³/mol. The number of aromatic nitrogens is 2. The van der Waals surface area contributed by atoms with Gasteiger partial charge in [0.1, 0.15) is 5.82 Å². The maximum absolute atomic E-state index is 10.9. The van der Waals surface area contributed by atoms with Gasteiger partial charge in [-0.05, 0) is 12.8 Å². The first-order valence-electron chi connectivity index (χ1n) is 4.33. The van der Waals surface area contributed by atoms with Gasteiger partial charge in [0, 0.05) is 18.2 Å². The fraction of sp³-hybridized carbons (Fsp3) is 0.556. The van der Waals surface area contributed by atoms with Crippen LogP contribution in [0.15, 0.2) is 17.1 Å². The van der Waals surface area contributed by atoms with Crippen LogP contribution in [-0.2, 0) is 0 Å². The minimum absolute atomic E-state index is 0.0631. The zero-order valence-corrected chi connectivity index (χ0v) is 7.50. The first-order valence-corrected chi connectivity index (χ1v) is 4.33. The lowest BCUT2D eigenvalue weighted by atomic mass is 10.0. The van der Waals surface area contributed by atoms with Crippen molar-refractivity contribution < 1.29 is 0 Å². The summed E-state index contributed by atoms with van der Waals surface area (Å²) >= 11 is 0. The third-order valence-electron chi connectivity index (χ3n) is 2.06. The summed E-state index contributed by atoms with van der Waals surface area (Å²) in [6.07, 6.45) is 3.60. The second-order valence-electron chi connectivity index (χ2n) is 2.83. The SMILES string of the molecule is CCC(CC)c1nccc(=O)[nH]1. The van der Waals surface area contributed by atoms with E-state index in [0.29, 0.717) is 5.92 Å². The molecule has 0 aromatic carbocycles. The van der Waals surface area contributed by atoms with Crippen molar-refractivity contribution >= 4 is 0 Å². The first kappa shape index (κ1) is 8.97.